The summed E-state index contributed by atoms with van der Waals surface area (Å²) < 4.78 is 5.30. The second-order valence-electron chi connectivity index (χ2n) is 6.89. The summed E-state index contributed by atoms with van der Waals surface area (Å²) in [6, 6.07) is 16.0. The monoisotopic (exact) mass is 488 g/mol. The van der Waals surface area contributed by atoms with E-state index in [4.69, 9.17) is 27.6 Å². The minimum absolute atomic E-state index is 0.110. The summed E-state index contributed by atoms with van der Waals surface area (Å²) in [5.74, 6) is 1.08. The molecule has 1 heterocycles. The number of furan rings is 1. The van der Waals surface area contributed by atoms with Crippen LogP contribution in [0.2, 0.25) is 10.0 Å². The molecule has 2 amide bonds. The first-order valence-electron chi connectivity index (χ1n) is 9.86. The number of thioether (sulfide) groups is 1. The van der Waals surface area contributed by atoms with E-state index in [9.17, 15) is 9.59 Å². The molecule has 0 radical (unpaired) electrons. The molecule has 3 rings (SSSR count). The van der Waals surface area contributed by atoms with Crippen molar-refractivity contribution in [3.63, 3.8) is 0 Å². The summed E-state index contributed by atoms with van der Waals surface area (Å²) in [5.41, 5.74) is 2.41. The maximum Gasteiger partial charge on any atom is 0.267 e. The van der Waals surface area contributed by atoms with Crippen molar-refractivity contribution in [1.82, 2.24) is 10.6 Å². The molecule has 0 saturated heterocycles. The molecule has 3 aromatic rings. The van der Waals surface area contributed by atoms with Crippen molar-refractivity contribution in [1.29, 1.82) is 0 Å². The smallest absolute Gasteiger partial charge is 0.267 e. The molecular formula is C24H22Cl2N2O3S. The Balaban J connectivity index is 1.58. The topological polar surface area (TPSA) is 71.3 Å². The van der Waals surface area contributed by atoms with Crippen molar-refractivity contribution in [3.8, 4) is 0 Å². The van der Waals surface area contributed by atoms with Gasteiger partial charge in [0.2, 0.25) is 0 Å². The fraction of sp³-hybridized carbons (Fsp3) is 0.167. The van der Waals surface area contributed by atoms with E-state index in [1.807, 2.05) is 25.1 Å². The van der Waals surface area contributed by atoms with Gasteiger partial charge in [0.15, 0.2) is 0 Å². The van der Waals surface area contributed by atoms with Crippen LogP contribution in [-0.2, 0) is 10.5 Å². The lowest BCUT2D eigenvalue weighted by molar-refractivity contribution is -0.117. The highest BCUT2D eigenvalue weighted by molar-refractivity contribution is 7.98. The Labute approximate surface area is 201 Å². The Morgan fingerprint density at radius 2 is 1.91 bits per heavy atom. The number of hydrogen-bond donors (Lipinski definition) is 2. The molecule has 0 aliphatic carbocycles. The van der Waals surface area contributed by atoms with Gasteiger partial charge < -0.3 is 15.1 Å². The van der Waals surface area contributed by atoms with Crippen molar-refractivity contribution in [3.05, 3.63) is 99.1 Å². The van der Waals surface area contributed by atoms with Crippen LogP contribution in [0.25, 0.3) is 6.08 Å². The van der Waals surface area contributed by atoms with Crippen LogP contribution in [0.15, 0.2) is 71.0 Å². The maximum absolute atomic E-state index is 12.8. The number of benzene rings is 2. The van der Waals surface area contributed by atoms with Crippen LogP contribution in [0.4, 0.5) is 0 Å². The Kier molecular flexibility index (Phi) is 8.85. The van der Waals surface area contributed by atoms with Crippen molar-refractivity contribution >= 4 is 52.9 Å². The Morgan fingerprint density at radius 1 is 1.09 bits per heavy atom. The minimum Gasteiger partial charge on any atom is -0.465 e. The zero-order valence-corrected chi connectivity index (χ0v) is 19.7. The molecule has 0 saturated carbocycles. The van der Waals surface area contributed by atoms with Crippen LogP contribution in [0.1, 0.15) is 27.2 Å². The molecule has 2 N–H and O–H groups in total. The summed E-state index contributed by atoms with van der Waals surface area (Å²) in [6.45, 7) is 2.26. The van der Waals surface area contributed by atoms with Crippen LogP contribution < -0.4 is 10.6 Å². The van der Waals surface area contributed by atoms with E-state index in [1.54, 1.807) is 48.2 Å². The number of nitrogens with one attached hydrogen (secondary N) is 2. The van der Waals surface area contributed by atoms with Gasteiger partial charge >= 0.3 is 0 Å². The normalized spacial score (nSPS) is 11.3. The van der Waals surface area contributed by atoms with Crippen molar-refractivity contribution in [2.75, 3.05) is 12.3 Å². The van der Waals surface area contributed by atoms with Gasteiger partial charge in [0.05, 0.1) is 6.26 Å². The van der Waals surface area contributed by atoms with E-state index in [2.05, 4.69) is 10.6 Å². The lowest BCUT2D eigenvalue weighted by Crippen LogP contribution is -2.36. The first-order valence-corrected chi connectivity index (χ1v) is 11.8. The number of carbonyl (C=O) groups excluding carboxylic acids is 2. The first-order chi connectivity index (χ1) is 15.4. The third kappa shape index (κ3) is 6.92. The number of amides is 2. The van der Waals surface area contributed by atoms with Gasteiger partial charge in [0, 0.05) is 39.7 Å². The zero-order chi connectivity index (χ0) is 22.9. The fourth-order valence-electron chi connectivity index (χ4n) is 2.84. The summed E-state index contributed by atoms with van der Waals surface area (Å²) >= 11 is 13.7. The van der Waals surface area contributed by atoms with Crippen LogP contribution in [-0.4, -0.2) is 24.1 Å². The third-order valence-corrected chi connectivity index (χ3v) is 6.11. The highest BCUT2D eigenvalue weighted by Crippen LogP contribution is 2.24. The van der Waals surface area contributed by atoms with Gasteiger partial charge in [-0.05, 0) is 48.4 Å². The van der Waals surface area contributed by atoms with Gasteiger partial charge in [0.1, 0.15) is 11.5 Å². The molecule has 32 heavy (non-hydrogen) atoms. The van der Waals surface area contributed by atoms with E-state index in [0.717, 1.165) is 11.1 Å². The van der Waals surface area contributed by atoms with Gasteiger partial charge in [-0.3, -0.25) is 9.59 Å². The Morgan fingerprint density at radius 3 is 2.62 bits per heavy atom. The molecule has 0 atom stereocenters. The van der Waals surface area contributed by atoms with Crippen LogP contribution in [0.5, 0.6) is 0 Å². The molecule has 0 fully saturated rings. The molecular weight excluding hydrogens is 467 g/mol. The number of rotatable bonds is 9. The van der Waals surface area contributed by atoms with Crippen LogP contribution >= 0.6 is 35.0 Å². The average molecular weight is 489 g/mol. The van der Waals surface area contributed by atoms with Gasteiger partial charge in [0.25, 0.3) is 11.8 Å². The largest absolute Gasteiger partial charge is 0.465 e. The SMILES string of the molecule is Cc1ccccc1C(=O)N/C(=C\c1ccco1)C(=O)NCCSCc1ccc(Cl)cc1Cl. The second kappa shape index (κ2) is 11.8. The van der Waals surface area contributed by atoms with E-state index in [1.165, 1.54) is 12.3 Å². The molecule has 0 aliphatic rings. The molecule has 0 bridgehead atoms. The lowest BCUT2D eigenvalue weighted by atomic mass is 10.1. The Hall–Kier alpha value is -2.67. The summed E-state index contributed by atoms with van der Waals surface area (Å²) in [6.07, 6.45) is 3.01. The molecule has 1 aromatic heterocycles. The van der Waals surface area contributed by atoms with E-state index in [-0.39, 0.29) is 11.6 Å². The predicted molar refractivity (Wildman–Crippen MR) is 131 cm³/mol. The number of hydrogen-bond acceptors (Lipinski definition) is 4. The van der Waals surface area contributed by atoms with Gasteiger partial charge in [-0.1, -0.05) is 47.5 Å². The van der Waals surface area contributed by atoms with E-state index in [0.29, 0.717) is 39.4 Å². The van der Waals surface area contributed by atoms with Crippen molar-refractivity contribution in [2.24, 2.45) is 0 Å². The van der Waals surface area contributed by atoms with Gasteiger partial charge in [-0.25, -0.2) is 0 Å². The van der Waals surface area contributed by atoms with E-state index < -0.39 is 5.91 Å². The predicted octanol–water partition coefficient (Wildman–Crippen LogP) is 5.72. The molecule has 5 nitrogen and oxygen atoms in total. The van der Waals surface area contributed by atoms with Gasteiger partial charge in [-0.2, -0.15) is 11.8 Å². The number of aryl methyl sites for hydroxylation is 1. The highest BCUT2D eigenvalue weighted by Gasteiger charge is 2.16. The zero-order valence-electron chi connectivity index (χ0n) is 17.4. The fourth-order valence-corrected chi connectivity index (χ4v) is 4.26. The second-order valence-corrected chi connectivity index (χ2v) is 8.84. The maximum atomic E-state index is 12.8. The summed E-state index contributed by atoms with van der Waals surface area (Å²) in [5, 5.41) is 6.76. The number of halogens is 2. The molecule has 166 valence electrons. The highest BCUT2D eigenvalue weighted by atomic mass is 35.5. The van der Waals surface area contributed by atoms with Crippen LogP contribution in [0, 0.1) is 6.92 Å². The van der Waals surface area contributed by atoms with E-state index >= 15 is 0 Å². The molecule has 0 unspecified atom stereocenters. The van der Waals surface area contributed by atoms with Crippen molar-refractivity contribution < 1.29 is 14.0 Å². The van der Waals surface area contributed by atoms with Crippen molar-refractivity contribution in [2.45, 2.75) is 12.7 Å². The first kappa shape index (κ1) is 24.0. The molecule has 0 aliphatic heterocycles. The summed E-state index contributed by atoms with van der Waals surface area (Å²) in [4.78, 5) is 25.5. The summed E-state index contributed by atoms with van der Waals surface area (Å²) in [7, 11) is 0. The standard InChI is InChI=1S/C24H22Cl2N2O3S/c1-16-5-2-3-7-20(16)23(29)28-22(14-19-6-4-11-31-19)24(30)27-10-12-32-15-17-8-9-18(25)13-21(17)26/h2-9,11,13-14H,10,12,15H2,1H3,(H,27,30)(H,28,29)/b22-14-. The quantitative estimate of drug-likeness (QED) is 0.298. The molecule has 0 spiro atoms. The van der Waals surface area contributed by atoms with Gasteiger partial charge in [-0.15, -0.1) is 0 Å². The lowest BCUT2D eigenvalue weighted by Gasteiger charge is -2.12. The Bertz CT molecular complexity index is 1110. The van der Waals surface area contributed by atoms with Crippen LogP contribution in [0.3, 0.4) is 0 Å². The minimum atomic E-state index is -0.395. The number of carbonyl (C=O) groups is 2. The molecule has 8 heteroatoms. The average Bonchev–Trinajstić information content (AvgIpc) is 3.27. The molecule has 2 aromatic carbocycles. The third-order valence-electron chi connectivity index (χ3n) is 4.52.